The first kappa shape index (κ1) is 18.4. The number of nitrogens with one attached hydrogen (secondary N) is 2. The van der Waals surface area contributed by atoms with Crippen LogP contribution < -0.4 is 10.9 Å². The molecule has 8 heteroatoms. The molecule has 2 heterocycles. The largest absolute Gasteiger partial charge is 0.273 e. The molecule has 0 unspecified atom stereocenters. The molecule has 0 saturated carbocycles. The van der Waals surface area contributed by atoms with Gasteiger partial charge < -0.3 is 0 Å². The third kappa shape index (κ3) is 3.89. The minimum Gasteiger partial charge on any atom is -0.271 e. The number of carbonyl (C=O) groups excluding carboxylic acids is 2. The van der Waals surface area contributed by atoms with Crippen LogP contribution in [0.1, 0.15) is 33.1 Å². The summed E-state index contributed by atoms with van der Waals surface area (Å²) in [6.45, 7) is 7.34. The summed E-state index contributed by atoms with van der Waals surface area (Å²) in [4.78, 5) is 24.7. The molecule has 8 nitrogen and oxygen atoms in total. The Labute approximate surface area is 157 Å². The van der Waals surface area contributed by atoms with Crippen molar-refractivity contribution in [3.63, 3.8) is 0 Å². The summed E-state index contributed by atoms with van der Waals surface area (Å²) >= 11 is 0. The summed E-state index contributed by atoms with van der Waals surface area (Å²) in [6.07, 6.45) is 0. The molecule has 0 bridgehead atoms. The highest BCUT2D eigenvalue weighted by Crippen LogP contribution is 2.17. The number of aryl methyl sites for hydroxylation is 3. The number of hydrazine groups is 1. The zero-order chi connectivity index (χ0) is 19.6. The first-order chi connectivity index (χ1) is 12.9. The van der Waals surface area contributed by atoms with Gasteiger partial charge in [0, 0.05) is 5.69 Å². The van der Waals surface area contributed by atoms with Gasteiger partial charge in [-0.15, -0.1) is 0 Å². The van der Waals surface area contributed by atoms with Gasteiger partial charge >= 0.3 is 0 Å². The summed E-state index contributed by atoms with van der Waals surface area (Å²) in [5.41, 5.74) is 9.19. The summed E-state index contributed by atoms with van der Waals surface area (Å²) < 4.78 is 3.29. The number of amides is 2. The van der Waals surface area contributed by atoms with E-state index in [4.69, 9.17) is 0 Å². The molecule has 2 N–H and O–H groups in total. The Kier molecular flexibility index (Phi) is 5.07. The summed E-state index contributed by atoms with van der Waals surface area (Å²) in [5, 5.41) is 8.67. The van der Waals surface area contributed by atoms with Gasteiger partial charge in [0.15, 0.2) is 0 Å². The van der Waals surface area contributed by atoms with E-state index in [0.717, 1.165) is 17.1 Å². The molecule has 3 rings (SSSR count). The number of hydrogen-bond acceptors (Lipinski definition) is 4. The van der Waals surface area contributed by atoms with Gasteiger partial charge in [0.25, 0.3) is 11.8 Å². The van der Waals surface area contributed by atoms with E-state index in [-0.39, 0.29) is 12.5 Å². The summed E-state index contributed by atoms with van der Waals surface area (Å²) in [5.74, 6) is -0.769. The third-order valence-electron chi connectivity index (χ3n) is 4.23. The average Bonchev–Trinajstić information content (AvgIpc) is 3.11. The highest BCUT2D eigenvalue weighted by Gasteiger charge is 2.20. The van der Waals surface area contributed by atoms with Crippen LogP contribution in [0.5, 0.6) is 0 Å². The lowest BCUT2D eigenvalue weighted by Gasteiger charge is -2.09. The number of hydrogen-bond donors (Lipinski definition) is 2. The van der Waals surface area contributed by atoms with Gasteiger partial charge in [0.2, 0.25) is 0 Å². The fourth-order valence-electron chi connectivity index (χ4n) is 2.99. The average molecular weight is 366 g/mol. The second-order valence-electron chi connectivity index (χ2n) is 6.38. The van der Waals surface area contributed by atoms with Crippen LogP contribution in [-0.4, -0.2) is 31.4 Å². The molecule has 0 atom stereocenters. The zero-order valence-electron chi connectivity index (χ0n) is 15.8. The van der Waals surface area contributed by atoms with Crippen molar-refractivity contribution in [2.45, 2.75) is 34.2 Å². The Balaban J connectivity index is 1.69. The van der Waals surface area contributed by atoms with Gasteiger partial charge in [0.05, 0.1) is 28.3 Å². The Morgan fingerprint density at radius 1 is 1.00 bits per heavy atom. The van der Waals surface area contributed by atoms with Crippen LogP contribution in [0.25, 0.3) is 5.69 Å². The zero-order valence-corrected chi connectivity index (χ0v) is 15.8. The lowest BCUT2D eigenvalue weighted by Crippen LogP contribution is -2.43. The Morgan fingerprint density at radius 2 is 1.70 bits per heavy atom. The molecule has 2 amide bonds. The molecule has 0 radical (unpaired) electrons. The van der Waals surface area contributed by atoms with Crippen LogP contribution in [0, 0.1) is 27.7 Å². The van der Waals surface area contributed by atoms with E-state index in [1.165, 1.54) is 0 Å². The van der Waals surface area contributed by atoms with Gasteiger partial charge in [-0.1, -0.05) is 18.2 Å². The standard InChI is InChI=1S/C19H22N6O2/c1-12-10-13(2)24(22-12)11-17(26)20-21-19(27)18-14(3)23-25(15(18)4)16-8-6-5-7-9-16/h5-10H,11H2,1-4H3,(H,20,26)(H,21,27). The molecule has 0 saturated heterocycles. The smallest absolute Gasteiger partial charge is 0.271 e. The van der Waals surface area contributed by atoms with Crippen molar-refractivity contribution in [2.75, 3.05) is 0 Å². The molecular weight excluding hydrogens is 344 g/mol. The number of rotatable bonds is 4. The number of aromatic nitrogens is 4. The van der Waals surface area contributed by atoms with E-state index in [9.17, 15) is 9.59 Å². The number of carbonyl (C=O) groups is 2. The van der Waals surface area contributed by atoms with E-state index in [1.54, 1.807) is 16.3 Å². The highest BCUT2D eigenvalue weighted by atomic mass is 16.2. The second-order valence-corrected chi connectivity index (χ2v) is 6.38. The maximum Gasteiger partial charge on any atom is 0.273 e. The first-order valence-electron chi connectivity index (χ1n) is 8.58. The number of benzene rings is 1. The molecule has 3 aromatic rings. The summed E-state index contributed by atoms with van der Waals surface area (Å²) in [6, 6.07) is 11.4. The SMILES string of the molecule is Cc1cc(C)n(CC(=O)NNC(=O)c2c(C)nn(-c3ccccc3)c2C)n1. The lowest BCUT2D eigenvalue weighted by molar-refractivity contribution is -0.122. The predicted octanol–water partition coefficient (Wildman–Crippen LogP) is 1.76. The van der Waals surface area contributed by atoms with Crippen LogP contribution in [0.15, 0.2) is 36.4 Å². The van der Waals surface area contributed by atoms with E-state index in [2.05, 4.69) is 21.0 Å². The minimum atomic E-state index is -0.408. The molecule has 2 aromatic heterocycles. The Hall–Kier alpha value is -3.42. The maximum atomic E-state index is 12.6. The van der Waals surface area contributed by atoms with Crippen molar-refractivity contribution in [3.05, 3.63) is 64.7 Å². The van der Waals surface area contributed by atoms with Gasteiger partial charge in [-0.3, -0.25) is 25.1 Å². The first-order valence-corrected chi connectivity index (χ1v) is 8.58. The van der Waals surface area contributed by atoms with Crippen molar-refractivity contribution in [1.82, 2.24) is 30.4 Å². The van der Waals surface area contributed by atoms with E-state index < -0.39 is 5.91 Å². The molecule has 27 heavy (non-hydrogen) atoms. The second kappa shape index (κ2) is 7.45. The maximum absolute atomic E-state index is 12.6. The van der Waals surface area contributed by atoms with Crippen molar-refractivity contribution in [3.8, 4) is 5.69 Å². The van der Waals surface area contributed by atoms with Gasteiger partial charge in [-0.25, -0.2) is 4.68 Å². The van der Waals surface area contributed by atoms with Crippen LogP contribution >= 0.6 is 0 Å². The minimum absolute atomic E-state index is 0.0290. The Morgan fingerprint density at radius 3 is 2.33 bits per heavy atom. The summed E-state index contributed by atoms with van der Waals surface area (Å²) in [7, 11) is 0. The molecule has 0 aliphatic heterocycles. The van der Waals surface area contributed by atoms with Crippen LogP contribution in [0.3, 0.4) is 0 Å². The molecule has 140 valence electrons. The van der Waals surface area contributed by atoms with Gasteiger partial charge in [0.1, 0.15) is 6.54 Å². The third-order valence-corrected chi connectivity index (χ3v) is 4.23. The lowest BCUT2D eigenvalue weighted by atomic mass is 10.2. The van der Waals surface area contributed by atoms with Crippen molar-refractivity contribution < 1.29 is 9.59 Å². The molecule has 0 spiro atoms. The fourth-order valence-corrected chi connectivity index (χ4v) is 2.99. The number of para-hydroxylation sites is 1. The van der Waals surface area contributed by atoms with Gasteiger partial charge in [-0.2, -0.15) is 10.2 Å². The monoisotopic (exact) mass is 366 g/mol. The molecule has 0 aliphatic carbocycles. The van der Waals surface area contributed by atoms with E-state index in [1.807, 2.05) is 57.2 Å². The molecule has 1 aromatic carbocycles. The Bertz CT molecular complexity index is 987. The van der Waals surface area contributed by atoms with Crippen molar-refractivity contribution in [1.29, 1.82) is 0 Å². The predicted molar refractivity (Wildman–Crippen MR) is 100 cm³/mol. The van der Waals surface area contributed by atoms with Crippen molar-refractivity contribution >= 4 is 11.8 Å². The fraction of sp³-hybridized carbons (Fsp3) is 0.263. The highest BCUT2D eigenvalue weighted by molar-refractivity contribution is 5.97. The van der Waals surface area contributed by atoms with Crippen LogP contribution in [-0.2, 0) is 11.3 Å². The van der Waals surface area contributed by atoms with Gasteiger partial charge in [-0.05, 0) is 45.9 Å². The van der Waals surface area contributed by atoms with Crippen molar-refractivity contribution in [2.24, 2.45) is 0 Å². The van der Waals surface area contributed by atoms with Crippen LogP contribution in [0.2, 0.25) is 0 Å². The number of nitrogens with zero attached hydrogens (tertiary/aromatic N) is 4. The van der Waals surface area contributed by atoms with E-state index >= 15 is 0 Å². The topological polar surface area (TPSA) is 93.8 Å². The molecule has 0 fully saturated rings. The molecular formula is C19H22N6O2. The van der Waals surface area contributed by atoms with Crippen LogP contribution in [0.4, 0.5) is 0 Å². The quantitative estimate of drug-likeness (QED) is 0.688. The van der Waals surface area contributed by atoms with E-state index in [0.29, 0.717) is 17.0 Å². The normalized spacial score (nSPS) is 10.7. The molecule has 0 aliphatic rings.